The minimum absolute atomic E-state index is 0.0684. The lowest BCUT2D eigenvalue weighted by atomic mass is 10.1. The van der Waals surface area contributed by atoms with Crippen molar-refractivity contribution in [3.63, 3.8) is 0 Å². The van der Waals surface area contributed by atoms with E-state index in [0.717, 1.165) is 56.0 Å². The number of carbonyl (C=O) groups excluding carboxylic acids is 1. The van der Waals surface area contributed by atoms with Crippen molar-refractivity contribution in [3.8, 4) is 0 Å². The second-order valence-corrected chi connectivity index (χ2v) is 7.87. The van der Waals surface area contributed by atoms with Crippen LogP contribution in [0.3, 0.4) is 0 Å². The Bertz CT molecular complexity index is 1080. The van der Waals surface area contributed by atoms with Gasteiger partial charge in [-0.1, -0.05) is 24.3 Å². The average Bonchev–Trinajstić information content (AvgIpc) is 3.08. The lowest BCUT2D eigenvalue weighted by molar-refractivity contribution is -0.116. The fourth-order valence-corrected chi connectivity index (χ4v) is 4.10. The number of aryl methyl sites for hydroxylation is 2. The maximum atomic E-state index is 12.7. The number of para-hydroxylation sites is 2. The summed E-state index contributed by atoms with van der Waals surface area (Å²) < 4.78 is 8.81. The van der Waals surface area contributed by atoms with Crippen LogP contribution in [0.2, 0.25) is 0 Å². The van der Waals surface area contributed by atoms with Crippen LogP contribution in [0, 0.1) is 0 Å². The zero-order valence-corrected chi connectivity index (χ0v) is 18.0. The third-order valence-electron chi connectivity index (χ3n) is 5.86. The summed E-state index contributed by atoms with van der Waals surface area (Å²) in [6.45, 7) is 7.56. The third-order valence-corrected chi connectivity index (χ3v) is 5.86. The molecule has 1 aromatic heterocycles. The molecule has 1 N–H and O–H groups in total. The molecule has 0 saturated carbocycles. The molecule has 2 aromatic carbocycles. The summed E-state index contributed by atoms with van der Waals surface area (Å²) >= 11 is 0. The summed E-state index contributed by atoms with van der Waals surface area (Å²) in [6, 6.07) is 15.7. The predicted octanol–water partition coefficient (Wildman–Crippen LogP) is 2.73. The first-order valence-electron chi connectivity index (χ1n) is 11.0. The highest BCUT2D eigenvalue weighted by molar-refractivity contribution is 5.90. The number of ether oxygens (including phenoxy) is 1. The van der Waals surface area contributed by atoms with E-state index in [1.807, 2.05) is 43.3 Å². The number of benzene rings is 2. The standard InChI is InChI=1S/C24H30N4O3/c1-2-27-21-5-3-4-6-22(21)28(24(27)30)14-12-23(29)25-20-9-7-19(8-10-20)11-13-26-15-17-31-18-16-26/h3-10H,2,11-18H2,1H3,(H,25,29). The topological polar surface area (TPSA) is 68.5 Å². The van der Waals surface area contributed by atoms with Crippen molar-refractivity contribution in [2.45, 2.75) is 32.9 Å². The Morgan fingerprint density at radius 3 is 2.32 bits per heavy atom. The molecule has 3 aromatic rings. The largest absolute Gasteiger partial charge is 0.379 e. The number of morpholine rings is 1. The molecule has 31 heavy (non-hydrogen) atoms. The van der Waals surface area contributed by atoms with Gasteiger partial charge in [-0.2, -0.15) is 0 Å². The smallest absolute Gasteiger partial charge is 0.329 e. The first-order valence-corrected chi connectivity index (χ1v) is 11.0. The van der Waals surface area contributed by atoms with E-state index in [1.54, 1.807) is 9.13 Å². The number of nitrogens with one attached hydrogen (secondary N) is 1. The van der Waals surface area contributed by atoms with Crippen molar-refractivity contribution in [1.29, 1.82) is 0 Å². The van der Waals surface area contributed by atoms with Crippen LogP contribution in [0.5, 0.6) is 0 Å². The van der Waals surface area contributed by atoms with E-state index in [1.165, 1.54) is 5.56 Å². The molecule has 0 radical (unpaired) electrons. The van der Waals surface area contributed by atoms with Crippen LogP contribution in [0.4, 0.5) is 5.69 Å². The van der Waals surface area contributed by atoms with Crippen LogP contribution in [0.15, 0.2) is 53.3 Å². The monoisotopic (exact) mass is 422 g/mol. The van der Waals surface area contributed by atoms with Crippen LogP contribution in [0.25, 0.3) is 11.0 Å². The van der Waals surface area contributed by atoms with Gasteiger partial charge in [0.15, 0.2) is 0 Å². The summed E-state index contributed by atoms with van der Waals surface area (Å²) in [5.74, 6) is -0.0960. The van der Waals surface area contributed by atoms with Crippen LogP contribution >= 0.6 is 0 Å². The molecule has 0 spiro atoms. The number of amides is 1. The Hall–Kier alpha value is -2.90. The number of anilines is 1. The van der Waals surface area contributed by atoms with Gasteiger partial charge in [0.25, 0.3) is 0 Å². The van der Waals surface area contributed by atoms with Crippen LogP contribution in [-0.4, -0.2) is 52.8 Å². The number of fused-ring (bicyclic) bond motifs is 1. The zero-order valence-electron chi connectivity index (χ0n) is 18.0. The van der Waals surface area contributed by atoms with Gasteiger partial charge in [-0.15, -0.1) is 0 Å². The van der Waals surface area contributed by atoms with Gasteiger partial charge in [0, 0.05) is 44.8 Å². The molecule has 2 heterocycles. The molecule has 1 aliphatic rings. The van der Waals surface area contributed by atoms with Crippen LogP contribution in [-0.2, 0) is 29.0 Å². The highest BCUT2D eigenvalue weighted by Gasteiger charge is 2.13. The lowest BCUT2D eigenvalue weighted by Crippen LogP contribution is -2.37. The Morgan fingerprint density at radius 1 is 0.968 bits per heavy atom. The zero-order chi connectivity index (χ0) is 21.6. The van der Waals surface area contributed by atoms with Gasteiger partial charge >= 0.3 is 5.69 Å². The highest BCUT2D eigenvalue weighted by Crippen LogP contribution is 2.14. The highest BCUT2D eigenvalue weighted by atomic mass is 16.5. The summed E-state index contributed by atoms with van der Waals surface area (Å²) in [7, 11) is 0. The maximum absolute atomic E-state index is 12.7. The molecule has 1 fully saturated rings. The fraction of sp³-hybridized carbons (Fsp3) is 0.417. The molecule has 0 bridgehead atoms. The molecule has 7 nitrogen and oxygen atoms in total. The average molecular weight is 423 g/mol. The quantitative estimate of drug-likeness (QED) is 0.606. The normalized spacial score (nSPS) is 14.7. The van der Waals surface area contributed by atoms with Crippen molar-refractivity contribution in [3.05, 3.63) is 64.6 Å². The van der Waals surface area contributed by atoms with E-state index in [2.05, 4.69) is 22.3 Å². The summed E-state index contributed by atoms with van der Waals surface area (Å²) in [6.07, 6.45) is 1.23. The molecular weight excluding hydrogens is 392 g/mol. The van der Waals surface area contributed by atoms with Crippen molar-refractivity contribution in [2.75, 3.05) is 38.2 Å². The molecule has 164 valence electrons. The molecular formula is C24H30N4O3. The van der Waals surface area contributed by atoms with E-state index < -0.39 is 0 Å². The summed E-state index contributed by atoms with van der Waals surface area (Å²) in [4.78, 5) is 27.6. The van der Waals surface area contributed by atoms with Crippen molar-refractivity contribution in [1.82, 2.24) is 14.0 Å². The Morgan fingerprint density at radius 2 is 1.65 bits per heavy atom. The van der Waals surface area contributed by atoms with Crippen molar-refractivity contribution in [2.24, 2.45) is 0 Å². The number of imidazole rings is 1. The molecule has 1 amide bonds. The fourth-order valence-electron chi connectivity index (χ4n) is 4.10. The Kier molecular flexibility index (Phi) is 6.84. The second-order valence-electron chi connectivity index (χ2n) is 7.87. The Labute approximate surface area is 182 Å². The second kappa shape index (κ2) is 9.94. The minimum Gasteiger partial charge on any atom is -0.379 e. The van der Waals surface area contributed by atoms with Crippen molar-refractivity contribution < 1.29 is 9.53 Å². The number of hydrogen-bond acceptors (Lipinski definition) is 4. The van der Waals surface area contributed by atoms with E-state index in [0.29, 0.717) is 13.1 Å². The molecule has 4 rings (SSSR count). The van der Waals surface area contributed by atoms with Crippen molar-refractivity contribution >= 4 is 22.6 Å². The number of hydrogen-bond donors (Lipinski definition) is 1. The number of aromatic nitrogens is 2. The number of rotatable bonds is 8. The van der Waals surface area contributed by atoms with Gasteiger partial charge in [-0.3, -0.25) is 18.8 Å². The van der Waals surface area contributed by atoms with Gasteiger partial charge in [-0.25, -0.2) is 4.79 Å². The molecule has 0 atom stereocenters. The number of nitrogens with zero attached hydrogens (tertiary/aromatic N) is 3. The van der Waals surface area contributed by atoms with Crippen LogP contribution < -0.4 is 11.0 Å². The van der Waals surface area contributed by atoms with Gasteiger partial charge in [0.05, 0.1) is 24.2 Å². The third kappa shape index (κ3) is 5.06. The van der Waals surface area contributed by atoms with Gasteiger partial charge in [0.1, 0.15) is 0 Å². The van der Waals surface area contributed by atoms with Crippen LogP contribution in [0.1, 0.15) is 18.9 Å². The minimum atomic E-state index is -0.0960. The first-order chi connectivity index (χ1) is 15.2. The van der Waals surface area contributed by atoms with E-state index in [9.17, 15) is 9.59 Å². The molecule has 0 aliphatic carbocycles. The van der Waals surface area contributed by atoms with Gasteiger partial charge in [-0.05, 0) is 43.2 Å². The maximum Gasteiger partial charge on any atom is 0.329 e. The summed E-state index contributed by atoms with van der Waals surface area (Å²) in [5.41, 5.74) is 3.74. The van der Waals surface area contributed by atoms with E-state index in [-0.39, 0.29) is 18.0 Å². The lowest BCUT2D eigenvalue weighted by Gasteiger charge is -2.26. The van der Waals surface area contributed by atoms with Gasteiger partial charge in [0.2, 0.25) is 5.91 Å². The van der Waals surface area contributed by atoms with E-state index >= 15 is 0 Å². The predicted molar refractivity (Wildman–Crippen MR) is 123 cm³/mol. The number of carbonyl (C=O) groups is 1. The summed E-state index contributed by atoms with van der Waals surface area (Å²) in [5, 5.41) is 2.95. The van der Waals surface area contributed by atoms with E-state index in [4.69, 9.17) is 4.74 Å². The SMILES string of the molecule is CCn1c(=O)n(CCC(=O)Nc2ccc(CCN3CCOCC3)cc2)c2ccccc21. The first kappa shape index (κ1) is 21.3. The molecule has 0 unspecified atom stereocenters. The molecule has 1 saturated heterocycles. The Balaban J connectivity index is 1.32. The molecule has 7 heteroatoms. The molecule has 1 aliphatic heterocycles. The van der Waals surface area contributed by atoms with Gasteiger partial charge < -0.3 is 10.1 Å².